The predicted octanol–water partition coefficient (Wildman–Crippen LogP) is 1.73. The van der Waals surface area contributed by atoms with E-state index in [1.165, 1.54) is 19.3 Å². The molecule has 0 radical (unpaired) electrons. The zero-order valence-corrected chi connectivity index (χ0v) is 12.4. The summed E-state index contributed by atoms with van der Waals surface area (Å²) in [4.78, 5) is 28.5. The van der Waals surface area contributed by atoms with Crippen molar-refractivity contribution >= 4 is 11.9 Å². The molecule has 20 heavy (non-hydrogen) atoms. The molecule has 0 bridgehead atoms. The minimum atomic E-state index is -0.510. The van der Waals surface area contributed by atoms with Crippen LogP contribution in [0.25, 0.3) is 0 Å². The van der Waals surface area contributed by atoms with Crippen molar-refractivity contribution < 1.29 is 9.59 Å². The molecule has 1 N–H and O–H groups in total. The molecule has 0 aromatic carbocycles. The highest BCUT2D eigenvalue weighted by Crippen LogP contribution is 2.38. The minimum Gasteiger partial charge on any atom is -0.310 e. The summed E-state index contributed by atoms with van der Waals surface area (Å²) in [5.41, 5.74) is -0.510. The number of rotatable bonds is 3. The average molecular weight is 279 g/mol. The Balaban J connectivity index is 1.66. The van der Waals surface area contributed by atoms with Crippen molar-refractivity contribution in [3.63, 3.8) is 0 Å². The highest BCUT2D eigenvalue weighted by molar-refractivity contribution is 6.07. The van der Waals surface area contributed by atoms with E-state index in [0.29, 0.717) is 12.6 Å². The van der Waals surface area contributed by atoms with Gasteiger partial charge in [0.1, 0.15) is 5.54 Å². The molecule has 3 aliphatic rings. The first-order valence-corrected chi connectivity index (χ1v) is 7.97. The Hall–Kier alpha value is -1.10. The summed E-state index contributed by atoms with van der Waals surface area (Å²) in [6.07, 6.45) is 8.55. The average Bonchev–Trinajstić information content (AvgIpc) is 2.99. The maximum Gasteiger partial charge on any atom is 0.325 e. The third-order valence-corrected chi connectivity index (χ3v) is 5.44. The Kier molecular flexibility index (Phi) is 3.71. The summed E-state index contributed by atoms with van der Waals surface area (Å²) in [6, 6.07) is 0.390. The summed E-state index contributed by atoms with van der Waals surface area (Å²) in [7, 11) is 2.17. The lowest BCUT2D eigenvalue weighted by Crippen LogP contribution is -2.49. The molecule has 2 aliphatic heterocycles. The fraction of sp³-hybridized carbons (Fsp3) is 0.867. The van der Waals surface area contributed by atoms with Gasteiger partial charge in [-0.15, -0.1) is 0 Å². The Morgan fingerprint density at radius 3 is 2.65 bits per heavy atom. The van der Waals surface area contributed by atoms with Crippen LogP contribution < -0.4 is 5.32 Å². The van der Waals surface area contributed by atoms with Crippen LogP contribution in [0.15, 0.2) is 0 Å². The second kappa shape index (κ2) is 5.35. The van der Waals surface area contributed by atoms with Gasteiger partial charge in [0.25, 0.3) is 5.91 Å². The number of carbonyl (C=O) groups excluding carboxylic acids is 2. The van der Waals surface area contributed by atoms with Gasteiger partial charge in [-0.2, -0.15) is 0 Å². The molecule has 5 nitrogen and oxygen atoms in total. The summed E-state index contributed by atoms with van der Waals surface area (Å²) in [5.74, 6) is -0.0583. The van der Waals surface area contributed by atoms with Crippen LogP contribution in [0.3, 0.4) is 0 Å². The normalized spacial score (nSPS) is 30.2. The van der Waals surface area contributed by atoms with Gasteiger partial charge in [-0.1, -0.05) is 19.3 Å². The molecular weight excluding hydrogens is 254 g/mol. The van der Waals surface area contributed by atoms with Gasteiger partial charge in [-0.25, -0.2) is 4.79 Å². The largest absolute Gasteiger partial charge is 0.325 e. The van der Waals surface area contributed by atoms with E-state index in [4.69, 9.17) is 0 Å². The number of nitrogens with one attached hydrogen (secondary N) is 1. The predicted molar refractivity (Wildman–Crippen MR) is 76.3 cm³/mol. The van der Waals surface area contributed by atoms with Crippen molar-refractivity contribution in [1.29, 1.82) is 0 Å². The molecule has 1 saturated carbocycles. The molecule has 1 unspecified atom stereocenters. The van der Waals surface area contributed by atoms with Crippen molar-refractivity contribution in [1.82, 2.24) is 15.1 Å². The maximum absolute atomic E-state index is 12.2. The van der Waals surface area contributed by atoms with E-state index in [2.05, 4.69) is 17.3 Å². The van der Waals surface area contributed by atoms with Gasteiger partial charge in [0, 0.05) is 12.6 Å². The quantitative estimate of drug-likeness (QED) is 0.800. The number of urea groups is 1. The number of likely N-dealkylation sites (tertiary alicyclic amines) is 1. The van der Waals surface area contributed by atoms with E-state index in [-0.39, 0.29) is 11.9 Å². The lowest BCUT2D eigenvalue weighted by molar-refractivity contribution is -0.126. The molecule has 0 aromatic heterocycles. The van der Waals surface area contributed by atoms with Crippen LogP contribution in [0.2, 0.25) is 0 Å². The molecule has 3 amide bonds. The van der Waals surface area contributed by atoms with Crippen LogP contribution in [-0.4, -0.2) is 53.5 Å². The van der Waals surface area contributed by atoms with Crippen molar-refractivity contribution in [2.75, 3.05) is 20.1 Å². The summed E-state index contributed by atoms with van der Waals surface area (Å²) < 4.78 is 0. The van der Waals surface area contributed by atoms with Crippen LogP contribution in [0, 0.1) is 0 Å². The second-order valence-electron chi connectivity index (χ2n) is 6.57. The van der Waals surface area contributed by atoms with E-state index in [1.54, 1.807) is 0 Å². The minimum absolute atomic E-state index is 0.0583. The Morgan fingerprint density at radius 2 is 1.95 bits per heavy atom. The first kappa shape index (κ1) is 13.9. The van der Waals surface area contributed by atoms with Crippen LogP contribution in [0.1, 0.15) is 51.4 Å². The number of hydrogen-bond donors (Lipinski definition) is 1. The van der Waals surface area contributed by atoms with E-state index >= 15 is 0 Å². The first-order valence-electron chi connectivity index (χ1n) is 7.97. The second-order valence-corrected chi connectivity index (χ2v) is 6.57. The lowest BCUT2D eigenvalue weighted by Gasteiger charge is -2.36. The number of nitrogens with zero attached hydrogens (tertiary/aromatic N) is 2. The van der Waals surface area contributed by atoms with Crippen LogP contribution >= 0.6 is 0 Å². The van der Waals surface area contributed by atoms with Gasteiger partial charge < -0.3 is 9.80 Å². The highest BCUT2D eigenvalue weighted by Gasteiger charge is 2.53. The number of amides is 3. The zero-order chi connectivity index (χ0) is 14.2. The molecule has 1 spiro atoms. The van der Waals surface area contributed by atoms with Crippen molar-refractivity contribution in [3.05, 3.63) is 0 Å². The topological polar surface area (TPSA) is 52.6 Å². The third kappa shape index (κ3) is 2.22. The Bertz CT molecular complexity index is 404. The molecule has 5 heteroatoms. The highest BCUT2D eigenvalue weighted by atomic mass is 16.2. The van der Waals surface area contributed by atoms with Gasteiger partial charge >= 0.3 is 6.03 Å². The number of piperidine rings is 1. The number of hydrogen-bond acceptors (Lipinski definition) is 3. The zero-order valence-electron chi connectivity index (χ0n) is 12.4. The number of carbonyl (C=O) groups is 2. The van der Waals surface area contributed by atoms with Gasteiger partial charge in [0.2, 0.25) is 0 Å². The van der Waals surface area contributed by atoms with Gasteiger partial charge in [-0.3, -0.25) is 10.1 Å². The van der Waals surface area contributed by atoms with E-state index in [1.807, 2.05) is 4.90 Å². The Labute approximate surface area is 120 Å². The van der Waals surface area contributed by atoms with E-state index < -0.39 is 5.54 Å². The number of imide groups is 1. The molecule has 2 saturated heterocycles. The van der Waals surface area contributed by atoms with Crippen molar-refractivity contribution in [2.45, 2.75) is 62.9 Å². The monoisotopic (exact) mass is 279 g/mol. The van der Waals surface area contributed by atoms with Crippen molar-refractivity contribution in [2.24, 2.45) is 0 Å². The molecule has 3 rings (SSSR count). The van der Waals surface area contributed by atoms with Gasteiger partial charge in [0.05, 0.1) is 0 Å². The van der Waals surface area contributed by atoms with Gasteiger partial charge in [0.15, 0.2) is 0 Å². The van der Waals surface area contributed by atoms with Gasteiger partial charge in [-0.05, 0) is 45.7 Å². The molecule has 112 valence electrons. The molecular formula is C15H25N3O2. The fourth-order valence-corrected chi connectivity index (χ4v) is 4.16. The smallest absolute Gasteiger partial charge is 0.310 e. The van der Waals surface area contributed by atoms with Crippen LogP contribution in [0.5, 0.6) is 0 Å². The standard InChI is InChI=1S/C15H25N3O2/c1-17-10-5-2-6-12(17)7-11-18-14(20)16-13(19)15(18)8-3-4-9-15/h12H,2-11H2,1H3,(H,16,19,20). The fourth-order valence-electron chi connectivity index (χ4n) is 4.16. The maximum atomic E-state index is 12.2. The van der Waals surface area contributed by atoms with Crippen molar-refractivity contribution in [3.8, 4) is 0 Å². The third-order valence-electron chi connectivity index (χ3n) is 5.44. The van der Waals surface area contributed by atoms with E-state index in [0.717, 1.165) is 38.6 Å². The van der Waals surface area contributed by atoms with Crippen LogP contribution in [-0.2, 0) is 4.79 Å². The molecule has 1 atom stereocenters. The molecule has 3 fully saturated rings. The first-order chi connectivity index (χ1) is 9.63. The summed E-state index contributed by atoms with van der Waals surface area (Å²) >= 11 is 0. The molecule has 2 heterocycles. The Morgan fingerprint density at radius 1 is 1.20 bits per heavy atom. The molecule has 0 aromatic rings. The summed E-state index contributed by atoms with van der Waals surface area (Å²) in [6.45, 7) is 1.87. The lowest BCUT2D eigenvalue weighted by atomic mass is 9.94. The van der Waals surface area contributed by atoms with Crippen LogP contribution in [0.4, 0.5) is 4.79 Å². The summed E-state index contributed by atoms with van der Waals surface area (Å²) in [5, 5.41) is 2.53. The SMILES string of the molecule is CN1CCCCC1CCN1C(=O)NC(=O)C12CCCC2. The molecule has 1 aliphatic carbocycles. The van der Waals surface area contributed by atoms with E-state index in [9.17, 15) is 9.59 Å².